The second kappa shape index (κ2) is 4.79. The minimum atomic E-state index is -1.12. The first-order chi connectivity index (χ1) is 8.58. The van der Waals surface area contributed by atoms with Crippen molar-refractivity contribution in [3.8, 4) is 11.4 Å². The first kappa shape index (κ1) is 12.0. The quantitative estimate of drug-likeness (QED) is 0.855. The van der Waals surface area contributed by atoms with Crippen molar-refractivity contribution in [3.63, 3.8) is 0 Å². The van der Waals surface area contributed by atoms with E-state index < -0.39 is 23.8 Å². The first-order valence-electron chi connectivity index (χ1n) is 5.13. The number of carbonyl (C=O) groups is 1. The van der Waals surface area contributed by atoms with Crippen molar-refractivity contribution in [3.05, 3.63) is 52.2 Å². The van der Waals surface area contributed by atoms with Crippen molar-refractivity contribution in [2.45, 2.75) is 6.42 Å². The van der Waals surface area contributed by atoms with Crippen LogP contribution in [0, 0.1) is 5.82 Å². The molecule has 0 aliphatic heterocycles. The fourth-order valence-electron chi connectivity index (χ4n) is 1.50. The SMILES string of the molecule is O=C(O)Cc1cnc(-c2ccccc2F)[nH]c1=O. The molecule has 0 aliphatic carbocycles. The molecular weight excluding hydrogens is 239 g/mol. The van der Waals surface area contributed by atoms with Gasteiger partial charge in [0, 0.05) is 11.8 Å². The number of benzene rings is 1. The molecule has 6 heteroatoms. The van der Waals surface area contributed by atoms with E-state index >= 15 is 0 Å². The number of nitrogens with zero attached hydrogens (tertiary/aromatic N) is 1. The molecule has 0 atom stereocenters. The van der Waals surface area contributed by atoms with E-state index in [0.29, 0.717) is 0 Å². The summed E-state index contributed by atoms with van der Waals surface area (Å²) >= 11 is 0. The monoisotopic (exact) mass is 248 g/mol. The molecule has 0 fully saturated rings. The Labute approximate surface area is 101 Å². The van der Waals surface area contributed by atoms with Crippen LogP contribution in [0.5, 0.6) is 0 Å². The lowest BCUT2D eigenvalue weighted by atomic mass is 10.2. The third kappa shape index (κ3) is 2.42. The van der Waals surface area contributed by atoms with Crippen LogP contribution < -0.4 is 5.56 Å². The van der Waals surface area contributed by atoms with Crippen LogP contribution in [0.25, 0.3) is 11.4 Å². The highest BCUT2D eigenvalue weighted by molar-refractivity contribution is 5.70. The van der Waals surface area contributed by atoms with Gasteiger partial charge in [-0.1, -0.05) is 12.1 Å². The Hall–Kier alpha value is -2.50. The maximum absolute atomic E-state index is 13.5. The minimum Gasteiger partial charge on any atom is -0.481 e. The number of carboxylic acid groups (broad SMARTS) is 1. The molecule has 92 valence electrons. The smallest absolute Gasteiger partial charge is 0.308 e. The average molecular weight is 248 g/mol. The minimum absolute atomic E-state index is 0.0302. The van der Waals surface area contributed by atoms with E-state index in [1.54, 1.807) is 6.07 Å². The maximum atomic E-state index is 13.5. The molecule has 0 radical (unpaired) electrons. The van der Waals surface area contributed by atoms with E-state index in [9.17, 15) is 14.0 Å². The van der Waals surface area contributed by atoms with Crippen molar-refractivity contribution in [2.75, 3.05) is 0 Å². The summed E-state index contributed by atoms with van der Waals surface area (Å²) in [4.78, 5) is 28.3. The third-order valence-electron chi connectivity index (χ3n) is 2.34. The van der Waals surface area contributed by atoms with E-state index in [1.807, 2.05) is 0 Å². The molecule has 18 heavy (non-hydrogen) atoms. The Balaban J connectivity index is 2.44. The molecular formula is C12H9FN2O3. The van der Waals surface area contributed by atoms with Gasteiger partial charge < -0.3 is 10.1 Å². The van der Waals surface area contributed by atoms with Crippen LogP contribution in [-0.4, -0.2) is 21.0 Å². The summed E-state index contributed by atoms with van der Waals surface area (Å²) in [5.41, 5.74) is -0.385. The van der Waals surface area contributed by atoms with Gasteiger partial charge in [0.1, 0.15) is 11.6 Å². The molecule has 5 nitrogen and oxygen atoms in total. The topological polar surface area (TPSA) is 83.0 Å². The number of carboxylic acids is 1. The van der Waals surface area contributed by atoms with Gasteiger partial charge >= 0.3 is 5.97 Å². The fourth-order valence-corrected chi connectivity index (χ4v) is 1.50. The number of H-pyrrole nitrogens is 1. The molecule has 0 bridgehead atoms. The molecule has 1 aromatic carbocycles. The third-order valence-corrected chi connectivity index (χ3v) is 2.34. The molecule has 0 aliphatic rings. The highest BCUT2D eigenvalue weighted by atomic mass is 19.1. The predicted molar refractivity (Wildman–Crippen MR) is 61.6 cm³/mol. The van der Waals surface area contributed by atoms with Gasteiger partial charge in [0.25, 0.3) is 5.56 Å². The van der Waals surface area contributed by atoms with E-state index in [1.165, 1.54) is 18.2 Å². The van der Waals surface area contributed by atoms with Crippen molar-refractivity contribution < 1.29 is 14.3 Å². The molecule has 1 heterocycles. The van der Waals surface area contributed by atoms with Crippen LogP contribution in [0.15, 0.2) is 35.3 Å². The van der Waals surface area contributed by atoms with Crippen LogP contribution in [-0.2, 0) is 11.2 Å². The van der Waals surface area contributed by atoms with Gasteiger partial charge in [-0.15, -0.1) is 0 Å². The maximum Gasteiger partial charge on any atom is 0.308 e. The number of aliphatic carboxylic acids is 1. The second-order valence-corrected chi connectivity index (χ2v) is 3.64. The zero-order chi connectivity index (χ0) is 13.1. The molecule has 0 saturated heterocycles. The number of aromatic amines is 1. The highest BCUT2D eigenvalue weighted by Crippen LogP contribution is 2.16. The van der Waals surface area contributed by atoms with Gasteiger partial charge in [0.05, 0.1) is 12.0 Å². The van der Waals surface area contributed by atoms with E-state index in [4.69, 9.17) is 5.11 Å². The molecule has 2 aromatic rings. The van der Waals surface area contributed by atoms with Crippen LogP contribution in [0.1, 0.15) is 5.56 Å². The Morgan fingerprint density at radius 2 is 2.11 bits per heavy atom. The van der Waals surface area contributed by atoms with Gasteiger partial charge in [-0.2, -0.15) is 0 Å². The average Bonchev–Trinajstić information content (AvgIpc) is 2.32. The Bertz CT molecular complexity index is 652. The second-order valence-electron chi connectivity index (χ2n) is 3.64. The van der Waals surface area contributed by atoms with Gasteiger partial charge in [-0.05, 0) is 12.1 Å². The van der Waals surface area contributed by atoms with Gasteiger partial charge in [0.2, 0.25) is 0 Å². The lowest BCUT2D eigenvalue weighted by Crippen LogP contribution is -2.17. The van der Waals surface area contributed by atoms with Gasteiger partial charge in [-0.25, -0.2) is 9.37 Å². The van der Waals surface area contributed by atoms with Crippen molar-refractivity contribution >= 4 is 5.97 Å². The number of rotatable bonds is 3. The summed E-state index contributed by atoms with van der Waals surface area (Å²) in [6, 6.07) is 5.87. The zero-order valence-corrected chi connectivity index (χ0v) is 9.18. The van der Waals surface area contributed by atoms with Crippen LogP contribution in [0.4, 0.5) is 4.39 Å². The Kier molecular flexibility index (Phi) is 3.18. The zero-order valence-electron chi connectivity index (χ0n) is 9.18. The molecule has 0 amide bonds. The number of hydrogen-bond acceptors (Lipinski definition) is 3. The molecule has 1 aromatic heterocycles. The van der Waals surface area contributed by atoms with Gasteiger partial charge in [0.15, 0.2) is 0 Å². The predicted octanol–water partition coefficient (Wildman–Crippen LogP) is 1.20. The standard InChI is InChI=1S/C12H9FN2O3/c13-9-4-2-1-3-8(9)11-14-6-7(5-10(16)17)12(18)15-11/h1-4,6H,5H2,(H,16,17)(H,14,15,18). The molecule has 0 spiro atoms. The molecule has 2 rings (SSSR count). The van der Waals surface area contributed by atoms with Crippen molar-refractivity contribution in [1.29, 1.82) is 0 Å². The summed E-state index contributed by atoms with van der Waals surface area (Å²) in [6.45, 7) is 0. The number of hydrogen-bond donors (Lipinski definition) is 2. The van der Waals surface area contributed by atoms with Crippen LogP contribution >= 0.6 is 0 Å². The molecule has 2 N–H and O–H groups in total. The number of nitrogens with one attached hydrogen (secondary N) is 1. The molecule has 0 saturated carbocycles. The molecule has 0 unspecified atom stereocenters. The lowest BCUT2D eigenvalue weighted by Gasteiger charge is -2.03. The van der Waals surface area contributed by atoms with E-state index in [-0.39, 0.29) is 17.0 Å². The summed E-state index contributed by atoms with van der Waals surface area (Å²) < 4.78 is 13.5. The fraction of sp³-hybridized carbons (Fsp3) is 0.0833. The largest absolute Gasteiger partial charge is 0.481 e. The Morgan fingerprint density at radius 1 is 1.39 bits per heavy atom. The van der Waals surface area contributed by atoms with Crippen molar-refractivity contribution in [1.82, 2.24) is 9.97 Å². The van der Waals surface area contributed by atoms with E-state index in [0.717, 1.165) is 6.20 Å². The number of halogens is 1. The van der Waals surface area contributed by atoms with Crippen molar-refractivity contribution in [2.24, 2.45) is 0 Å². The van der Waals surface area contributed by atoms with E-state index in [2.05, 4.69) is 9.97 Å². The summed E-state index contributed by atoms with van der Waals surface area (Å²) in [5, 5.41) is 8.58. The lowest BCUT2D eigenvalue weighted by molar-refractivity contribution is -0.136. The summed E-state index contributed by atoms with van der Waals surface area (Å²) in [7, 11) is 0. The van der Waals surface area contributed by atoms with Gasteiger partial charge in [-0.3, -0.25) is 9.59 Å². The summed E-state index contributed by atoms with van der Waals surface area (Å²) in [6.07, 6.45) is 0.731. The van der Waals surface area contributed by atoms with Crippen LogP contribution in [0.3, 0.4) is 0 Å². The normalized spacial score (nSPS) is 10.3. The summed E-state index contributed by atoms with van der Waals surface area (Å²) in [5.74, 6) is -1.56. The Morgan fingerprint density at radius 3 is 2.72 bits per heavy atom. The highest BCUT2D eigenvalue weighted by Gasteiger charge is 2.10. The van der Waals surface area contributed by atoms with Crippen LogP contribution in [0.2, 0.25) is 0 Å². The first-order valence-corrected chi connectivity index (χ1v) is 5.13. The number of aromatic nitrogens is 2.